The number of hydrogen-bond acceptors (Lipinski definition) is 4. The van der Waals surface area contributed by atoms with E-state index in [-0.39, 0.29) is 6.61 Å². The van der Waals surface area contributed by atoms with Gasteiger partial charge in [-0.2, -0.15) is 8.42 Å². The molecule has 0 aromatic heterocycles. The van der Waals surface area contributed by atoms with Gasteiger partial charge in [-0.15, -0.1) is 0 Å². The average Bonchev–Trinajstić information content (AvgIpc) is 2.83. The van der Waals surface area contributed by atoms with Gasteiger partial charge in [0.1, 0.15) is 0 Å². The van der Waals surface area contributed by atoms with Crippen molar-refractivity contribution in [3.8, 4) is 0 Å². The first-order chi connectivity index (χ1) is 11.9. The molecule has 1 aromatic carbocycles. The van der Waals surface area contributed by atoms with Crippen molar-refractivity contribution in [1.82, 2.24) is 0 Å². The first-order valence-electron chi connectivity index (χ1n) is 8.15. The van der Waals surface area contributed by atoms with Crippen molar-refractivity contribution in [1.29, 1.82) is 0 Å². The highest BCUT2D eigenvalue weighted by Crippen LogP contribution is 2.34. The van der Waals surface area contributed by atoms with Crippen LogP contribution in [0.25, 0.3) is 5.57 Å². The zero-order chi connectivity index (χ0) is 17.9. The van der Waals surface area contributed by atoms with E-state index in [4.69, 9.17) is 15.8 Å². The number of rotatable bonds is 5. The number of nitrogens with zero attached hydrogens (tertiary/aromatic N) is 1. The van der Waals surface area contributed by atoms with E-state index in [9.17, 15) is 8.42 Å². The molecule has 1 aromatic rings. The maximum Gasteiger partial charge on any atom is 0.264 e. The first kappa shape index (κ1) is 18.1. The Morgan fingerprint density at radius 2 is 2.16 bits per heavy atom. The van der Waals surface area contributed by atoms with Crippen LogP contribution in [0.2, 0.25) is 5.02 Å². The van der Waals surface area contributed by atoms with Crippen LogP contribution >= 0.6 is 11.6 Å². The zero-order valence-corrected chi connectivity index (χ0v) is 15.6. The van der Waals surface area contributed by atoms with E-state index in [0.717, 1.165) is 23.8 Å². The monoisotopic (exact) mass is 377 g/mol. The largest absolute Gasteiger partial charge is 0.289 e. The lowest BCUT2D eigenvalue weighted by Crippen LogP contribution is -2.04. The second-order valence-electron chi connectivity index (χ2n) is 6.19. The summed E-state index contributed by atoms with van der Waals surface area (Å²) >= 11 is 6.21. The lowest BCUT2D eigenvalue weighted by Gasteiger charge is -2.12. The van der Waals surface area contributed by atoms with Crippen LogP contribution in [-0.4, -0.2) is 34.0 Å². The molecule has 0 unspecified atom stereocenters. The summed E-state index contributed by atoms with van der Waals surface area (Å²) in [6.45, 7) is 0.863. The summed E-state index contributed by atoms with van der Waals surface area (Å²) in [6.07, 6.45) is 11.3. The van der Waals surface area contributed by atoms with E-state index in [1.54, 1.807) is 0 Å². The van der Waals surface area contributed by atoms with Crippen molar-refractivity contribution in [2.75, 3.05) is 19.4 Å². The van der Waals surface area contributed by atoms with E-state index in [1.807, 2.05) is 24.4 Å². The van der Waals surface area contributed by atoms with Gasteiger partial charge in [0.2, 0.25) is 0 Å². The van der Waals surface area contributed by atoms with Gasteiger partial charge in [-0.3, -0.25) is 9.18 Å². The van der Waals surface area contributed by atoms with Gasteiger partial charge in [-0.25, -0.2) is 0 Å². The van der Waals surface area contributed by atoms with Crippen molar-refractivity contribution in [3.63, 3.8) is 0 Å². The summed E-state index contributed by atoms with van der Waals surface area (Å²) in [4.78, 5) is 4.40. The summed E-state index contributed by atoms with van der Waals surface area (Å²) in [5, 5.41) is 0.697. The smallest absolute Gasteiger partial charge is 0.264 e. The molecule has 1 aliphatic carbocycles. The summed E-state index contributed by atoms with van der Waals surface area (Å²) < 4.78 is 27.1. The van der Waals surface area contributed by atoms with Crippen LogP contribution < -0.4 is 0 Å². The molecule has 0 atom stereocenters. The molecule has 132 valence electrons. The maximum atomic E-state index is 11.1. The van der Waals surface area contributed by atoms with Crippen molar-refractivity contribution in [3.05, 3.63) is 63.7 Å². The predicted molar refractivity (Wildman–Crippen MR) is 103 cm³/mol. The SMILES string of the molecule is CS(=O)(=O)OCCCC1=CC2=C(CN=CC=C2)Cc2ccc(Cl)cc21. The quantitative estimate of drug-likeness (QED) is 0.576. The highest BCUT2D eigenvalue weighted by Gasteiger charge is 2.17. The molecule has 6 heteroatoms. The number of halogens is 1. The molecule has 0 saturated carbocycles. The van der Waals surface area contributed by atoms with Gasteiger partial charge in [0, 0.05) is 11.2 Å². The minimum absolute atomic E-state index is 0.178. The third-order valence-corrected chi connectivity index (χ3v) is 5.03. The van der Waals surface area contributed by atoms with Crippen LogP contribution in [0, 0.1) is 0 Å². The molecule has 2 aliphatic rings. The Morgan fingerprint density at radius 1 is 1.32 bits per heavy atom. The van der Waals surface area contributed by atoms with E-state index in [1.165, 1.54) is 16.7 Å². The number of hydrogen-bond donors (Lipinski definition) is 0. The van der Waals surface area contributed by atoms with Gasteiger partial charge in [0.15, 0.2) is 0 Å². The Labute approximate surface area is 153 Å². The third kappa shape index (κ3) is 4.91. The lowest BCUT2D eigenvalue weighted by molar-refractivity contribution is 0.317. The molecule has 0 fully saturated rings. The standard InChI is InChI=1S/C19H20ClNO3S/c1-25(22,23)24-9-3-5-15-10-14-4-2-8-21-13-17(14)11-16-6-7-18(20)12-19(15)16/h2,4,6-8,10,12H,3,5,9,11,13H2,1H3. The van der Waals surface area contributed by atoms with Crippen LogP contribution in [0.4, 0.5) is 0 Å². The molecule has 0 spiro atoms. The first-order valence-corrected chi connectivity index (χ1v) is 10.3. The summed E-state index contributed by atoms with van der Waals surface area (Å²) in [7, 11) is -3.40. The molecule has 0 N–H and O–H groups in total. The van der Waals surface area contributed by atoms with Crippen LogP contribution in [0.3, 0.4) is 0 Å². The Balaban J connectivity index is 1.89. The Morgan fingerprint density at radius 3 is 2.96 bits per heavy atom. The molecule has 25 heavy (non-hydrogen) atoms. The van der Waals surface area contributed by atoms with Gasteiger partial charge in [0.25, 0.3) is 10.1 Å². The predicted octanol–water partition coefficient (Wildman–Crippen LogP) is 3.97. The van der Waals surface area contributed by atoms with E-state index in [2.05, 4.69) is 23.2 Å². The van der Waals surface area contributed by atoms with Crippen molar-refractivity contribution < 1.29 is 12.6 Å². The van der Waals surface area contributed by atoms with Crippen LogP contribution in [0.5, 0.6) is 0 Å². The van der Waals surface area contributed by atoms with Gasteiger partial charge < -0.3 is 0 Å². The highest BCUT2D eigenvalue weighted by atomic mass is 35.5. The molecular formula is C19H20ClNO3S. The maximum absolute atomic E-state index is 11.1. The second kappa shape index (κ2) is 7.68. The van der Waals surface area contributed by atoms with Gasteiger partial charge in [-0.05, 0) is 65.3 Å². The van der Waals surface area contributed by atoms with Gasteiger partial charge in [0.05, 0.1) is 19.4 Å². The van der Waals surface area contributed by atoms with Crippen LogP contribution in [-0.2, 0) is 20.7 Å². The molecule has 0 bridgehead atoms. The van der Waals surface area contributed by atoms with Crippen molar-refractivity contribution in [2.24, 2.45) is 4.99 Å². The molecule has 0 radical (unpaired) electrons. The summed E-state index contributed by atoms with van der Waals surface area (Å²) in [6, 6.07) is 5.96. The number of benzene rings is 1. The minimum atomic E-state index is -3.40. The van der Waals surface area contributed by atoms with Gasteiger partial charge in [-0.1, -0.05) is 29.8 Å². The topological polar surface area (TPSA) is 55.7 Å². The highest BCUT2D eigenvalue weighted by molar-refractivity contribution is 7.85. The van der Waals surface area contributed by atoms with Crippen LogP contribution in [0.1, 0.15) is 24.0 Å². The summed E-state index contributed by atoms with van der Waals surface area (Å²) in [5.74, 6) is 0. The molecule has 0 amide bonds. The summed E-state index contributed by atoms with van der Waals surface area (Å²) in [5.41, 5.74) is 5.93. The molecular weight excluding hydrogens is 358 g/mol. The van der Waals surface area contributed by atoms with E-state index in [0.29, 0.717) is 24.4 Å². The number of fused-ring (bicyclic) bond motifs is 1. The number of aliphatic imine (C=N–C) groups is 1. The van der Waals surface area contributed by atoms with Gasteiger partial charge >= 0.3 is 0 Å². The van der Waals surface area contributed by atoms with Crippen molar-refractivity contribution >= 4 is 33.5 Å². The second-order valence-corrected chi connectivity index (χ2v) is 8.27. The zero-order valence-electron chi connectivity index (χ0n) is 14.0. The molecule has 1 aliphatic heterocycles. The van der Waals surface area contributed by atoms with Crippen LogP contribution in [0.15, 0.2) is 52.6 Å². The van der Waals surface area contributed by atoms with E-state index >= 15 is 0 Å². The average molecular weight is 378 g/mol. The fraction of sp³-hybridized carbons (Fsp3) is 0.316. The molecule has 3 rings (SSSR count). The van der Waals surface area contributed by atoms with E-state index < -0.39 is 10.1 Å². The molecule has 0 saturated heterocycles. The lowest BCUT2D eigenvalue weighted by atomic mass is 9.95. The molecule has 4 nitrogen and oxygen atoms in total. The normalized spacial score (nSPS) is 16.8. The Kier molecular flexibility index (Phi) is 5.57. The fourth-order valence-electron chi connectivity index (χ4n) is 3.06. The van der Waals surface area contributed by atoms with Crippen molar-refractivity contribution in [2.45, 2.75) is 19.3 Å². The minimum Gasteiger partial charge on any atom is -0.289 e. The number of allylic oxidation sites excluding steroid dienone is 5. The fourth-order valence-corrected chi connectivity index (χ4v) is 3.66. The Hall–Kier alpha value is -1.69. The third-order valence-electron chi connectivity index (χ3n) is 4.20. The molecule has 1 heterocycles. The Bertz CT molecular complexity index is 895.